The van der Waals surface area contributed by atoms with Crippen molar-refractivity contribution in [2.45, 2.75) is 31.3 Å². The van der Waals surface area contributed by atoms with Gasteiger partial charge in [0.05, 0.1) is 32.0 Å². The molecule has 0 saturated carbocycles. The van der Waals surface area contributed by atoms with Crippen LogP contribution in [0.25, 0.3) is 0 Å². The number of halogens is 4. The van der Waals surface area contributed by atoms with Crippen molar-refractivity contribution in [1.29, 1.82) is 0 Å². The fourth-order valence-electron chi connectivity index (χ4n) is 3.97. The number of piperidine rings is 1. The van der Waals surface area contributed by atoms with Gasteiger partial charge in [-0.15, -0.1) is 0 Å². The maximum Gasteiger partial charge on any atom is 0.224 e. The largest absolute Gasteiger partial charge is 0.388 e. The summed E-state index contributed by atoms with van der Waals surface area (Å²) in [5, 5.41) is 18.1. The molecule has 0 radical (unpaired) electrons. The first kappa shape index (κ1) is 21.5. The molecular weight excluding hydrogens is 452 g/mol. The molecule has 0 bridgehead atoms. The topological polar surface area (TPSA) is 64.6 Å². The van der Waals surface area contributed by atoms with Gasteiger partial charge in [0.15, 0.2) is 0 Å². The highest BCUT2D eigenvalue weighted by molar-refractivity contribution is 6.36. The van der Waals surface area contributed by atoms with Gasteiger partial charge in [0.25, 0.3) is 0 Å². The van der Waals surface area contributed by atoms with E-state index in [-0.39, 0.29) is 10.9 Å². The molecular formula is C21H21Cl3FN3O2. The van der Waals surface area contributed by atoms with Crippen LogP contribution >= 0.6 is 34.8 Å². The molecule has 1 fully saturated rings. The Hall–Kier alpha value is -1.73. The minimum absolute atomic E-state index is 0.0102. The van der Waals surface area contributed by atoms with Crippen LogP contribution in [0.4, 0.5) is 21.5 Å². The molecule has 0 aromatic heterocycles. The van der Waals surface area contributed by atoms with Gasteiger partial charge < -0.3 is 20.6 Å². The molecule has 2 heterocycles. The van der Waals surface area contributed by atoms with Crippen molar-refractivity contribution in [3.63, 3.8) is 0 Å². The quantitative estimate of drug-likeness (QED) is 0.541. The lowest BCUT2D eigenvalue weighted by Gasteiger charge is -2.40. The molecule has 2 aliphatic rings. The van der Waals surface area contributed by atoms with Crippen molar-refractivity contribution in [3.05, 3.63) is 50.7 Å². The van der Waals surface area contributed by atoms with Crippen LogP contribution in [0.2, 0.25) is 15.1 Å². The average molecular weight is 473 g/mol. The van der Waals surface area contributed by atoms with E-state index in [1.807, 2.05) is 11.0 Å². The zero-order chi connectivity index (χ0) is 21.5. The van der Waals surface area contributed by atoms with E-state index in [1.165, 1.54) is 12.1 Å². The lowest BCUT2D eigenvalue weighted by molar-refractivity contribution is -0.116. The van der Waals surface area contributed by atoms with Gasteiger partial charge >= 0.3 is 0 Å². The number of rotatable bonds is 4. The molecule has 2 aliphatic heterocycles. The number of carbonyl (C=O) groups is 1. The van der Waals surface area contributed by atoms with Gasteiger partial charge in [0, 0.05) is 43.4 Å². The summed E-state index contributed by atoms with van der Waals surface area (Å²) in [6.45, 7) is 1.42. The van der Waals surface area contributed by atoms with E-state index < -0.39 is 11.4 Å². The summed E-state index contributed by atoms with van der Waals surface area (Å²) in [7, 11) is 0. The van der Waals surface area contributed by atoms with Gasteiger partial charge in [-0.1, -0.05) is 34.8 Å². The molecule has 2 aromatic carbocycles. The summed E-state index contributed by atoms with van der Waals surface area (Å²) in [5.41, 5.74) is 2.10. The number of amides is 1. The predicted molar refractivity (Wildman–Crippen MR) is 120 cm³/mol. The number of benzene rings is 2. The van der Waals surface area contributed by atoms with E-state index in [1.54, 1.807) is 6.07 Å². The van der Waals surface area contributed by atoms with Crippen LogP contribution in [0.1, 0.15) is 24.8 Å². The molecule has 9 heteroatoms. The van der Waals surface area contributed by atoms with Gasteiger partial charge in [0.1, 0.15) is 5.82 Å². The van der Waals surface area contributed by atoms with Crippen molar-refractivity contribution in [2.75, 3.05) is 35.2 Å². The second-order valence-corrected chi connectivity index (χ2v) is 9.00. The third-order valence-electron chi connectivity index (χ3n) is 5.76. The number of carbonyl (C=O) groups excluding carboxylic acids is 1. The zero-order valence-corrected chi connectivity index (χ0v) is 18.3. The Morgan fingerprint density at radius 3 is 2.57 bits per heavy atom. The second kappa shape index (κ2) is 8.42. The summed E-state index contributed by atoms with van der Waals surface area (Å²) in [5.74, 6) is -0.567. The van der Waals surface area contributed by atoms with E-state index in [4.69, 9.17) is 34.8 Å². The van der Waals surface area contributed by atoms with Crippen LogP contribution in [0, 0.1) is 5.82 Å². The van der Waals surface area contributed by atoms with Crippen LogP contribution in [0.3, 0.4) is 0 Å². The standard InChI is InChI=1S/C21H21Cl3FN3O2/c22-13-2-3-17(12-1-4-19(29)27-20(12)13)26-11-21(30)5-7-28(8-6-21)18-10-16(25)14(23)9-15(18)24/h2-3,9-10,26,30H,1,4-8,11H2,(H,27,29). The van der Waals surface area contributed by atoms with E-state index in [2.05, 4.69) is 10.6 Å². The molecule has 0 atom stereocenters. The summed E-state index contributed by atoms with van der Waals surface area (Å²) < 4.78 is 13.9. The van der Waals surface area contributed by atoms with Crippen LogP contribution in [-0.2, 0) is 11.2 Å². The third kappa shape index (κ3) is 4.33. The second-order valence-electron chi connectivity index (χ2n) is 7.78. The fraction of sp³-hybridized carbons (Fsp3) is 0.381. The van der Waals surface area contributed by atoms with Crippen LogP contribution in [0.5, 0.6) is 0 Å². The van der Waals surface area contributed by atoms with Gasteiger partial charge in [-0.3, -0.25) is 4.79 Å². The average Bonchev–Trinajstić information content (AvgIpc) is 2.71. The number of fused-ring (bicyclic) bond motifs is 1. The third-order valence-corrected chi connectivity index (χ3v) is 6.67. The lowest BCUT2D eigenvalue weighted by atomic mass is 9.90. The number of nitrogens with one attached hydrogen (secondary N) is 2. The molecule has 4 rings (SSSR count). The van der Waals surface area contributed by atoms with Gasteiger partial charge in [-0.05, 0) is 37.5 Å². The molecule has 1 saturated heterocycles. The maximum absolute atomic E-state index is 13.9. The highest BCUT2D eigenvalue weighted by atomic mass is 35.5. The van der Waals surface area contributed by atoms with E-state index in [9.17, 15) is 14.3 Å². The molecule has 0 unspecified atom stereocenters. The summed E-state index contributed by atoms with van der Waals surface area (Å²) in [6, 6.07) is 6.34. The number of anilines is 3. The van der Waals surface area contributed by atoms with Gasteiger partial charge in [0.2, 0.25) is 5.91 Å². The van der Waals surface area contributed by atoms with Crippen LogP contribution in [0.15, 0.2) is 24.3 Å². The Balaban J connectivity index is 1.42. The predicted octanol–water partition coefficient (Wildman–Crippen LogP) is 5.11. The normalized spacial score (nSPS) is 18.0. The van der Waals surface area contributed by atoms with Crippen molar-refractivity contribution < 1.29 is 14.3 Å². The Kier molecular flexibility index (Phi) is 6.04. The van der Waals surface area contributed by atoms with E-state index >= 15 is 0 Å². The molecule has 0 spiro atoms. The summed E-state index contributed by atoms with van der Waals surface area (Å²) >= 11 is 18.2. The first-order chi connectivity index (χ1) is 14.3. The molecule has 30 heavy (non-hydrogen) atoms. The Morgan fingerprint density at radius 2 is 1.83 bits per heavy atom. The molecule has 1 amide bonds. The van der Waals surface area contributed by atoms with Crippen molar-refractivity contribution >= 4 is 57.8 Å². The first-order valence-corrected chi connectivity index (χ1v) is 10.9. The monoisotopic (exact) mass is 471 g/mol. The highest BCUT2D eigenvalue weighted by Gasteiger charge is 2.33. The zero-order valence-electron chi connectivity index (χ0n) is 16.1. The number of aliphatic hydroxyl groups is 1. The molecule has 5 nitrogen and oxygen atoms in total. The Morgan fingerprint density at radius 1 is 1.10 bits per heavy atom. The highest BCUT2D eigenvalue weighted by Crippen LogP contribution is 2.37. The first-order valence-electron chi connectivity index (χ1n) is 9.73. The minimum Gasteiger partial charge on any atom is -0.388 e. The van der Waals surface area contributed by atoms with Gasteiger partial charge in [-0.25, -0.2) is 4.39 Å². The molecule has 160 valence electrons. The van der Waals surface area contributed by atoms with Crippen molar-refractivity contribution in [1.82, 2.24) is 0 Å². The molecule has 3 N–H and O–H groups in total. The SMILES string of the molecule is O=C1CCc2c(NCC3(O)CCN(c4cc(F)c(Cl)cc4Cl)CC3)ccc(Cl)c2N1. The smallest absolute Gasteiger partial charge is 0.224 e. The fourth-order valence-corrected chi connectivity index (χ4v) is 4.70. The lowest BCUT2D eigenvalue weighted by Crippen LogP contribution is -2.48. The Labute approximate surface area is 189 Å². The van der Waals surface area contributed by atoms with Crippen molar-refractivity contribution in [3.8, 4) is 0 Å². The minimum atomic E-state index is -0.918. The molecule has 0 aliphatic carbocycles. The van der Waals surface area contributed by atoms with Crippen LogP contribution < -0.4 is 15.5 Å². The number of hydrogen-bond acceptors (Lipinski definition) is 4. The van der Waals surface area contributed by atoms with E-state index in [0.717, 1.165) is 11.3 Å². The summed E-state index contributed by atoms with van der Waals surface area (Å²) in [6.07, 6.45) is 1.98. The maximum atomic E-state index is 13.9. The van der Waals surface area contributed by atoms with E-state index in [0.29, 0.717) is 66.7 Å². The molecule has 2 aromatic rings. The Bertz CT molecular complexity index is 994. The van der Waals surface area contributed by atoms with Crippen LogP contribution in [-0.4, -0.2) is 36.2 Å². The summed E-state index contributed by atoms with van der Waals surface area (Å²) in [4.78, 5) is 13.6. The van der Waals surface area contributed by atoms with Gasteiger partial charge in [-0.2, -0.15) is 0 Å². The number of hydrogen-bond donors (Lipinski definition) is 3. The van der Waals surface area contributed by atoms with Crippen molar-refractivity contribution in [2.24, 2.45) is 0 Å². The number of nitrogens with zero attached hydrogens (tertiary/aromatic N) is 1.